The number of H-pyrrole nitrogens is 1. The van der Waals surface area contributed by atoms with E-state index in [4.69, 9.17) is 15.1 Å². The summed E-state index contributed by atoms with van der Waals surface area (Å²) in [5.41, 5.74) is 4.88. The predicted octanol–water partition coefficient (Wildman–Crippen LogP) is 3.07. The second kappa shape index (κ2) is 6.52. The number of fused-ring (bicyclic) bond motifs is 2. The zero-order valence-electron chi connectivity index (χ0n) is 16.5. The summed E-state index contributed by atoms with van der Waals surface area (Å²) in [6.45, 7) is 2.65. The molecular formula is C21H24N8. The number of aromatic nitrogens is 6. The fourth-order valence-corrected chi connectivity index (χ4v) is 4.24. The van der Waals surface area contributed by atoms with Gasteiger partial charge in [0.15, 0.2) is 17.0 Å². The third kappa shape index (κ3) is 3.04. The van der Waals surface area contributed by atoms with Crippen molar-refractivity contribution in [2.24, 2.45) is 0 Å². The number of hydrogen-bond acceptors (Lipinski definition) is 6. The van der Waals surface area contributed by atoms with E-state index in [0.717, 1.165) is 59.0 Å². The zero-order chi connectivity index (χ0) is 19.4. The van der Waals surface area contributed by atoms with Gasteiger partial charge in [-0.3, -0.25) is 0 Å². The Labute approximate surface area is 168 Å². The lowest BCUT2D eigenvalue weighted by Gasteiger charge is -2.11. The summed E-state index contributed by atoms with van der Waals surface area (Å²) in [7, 11) is 2.16. The van der Waals surface area contributed by atoms with Crippen LogP contribution in [-0.2, 0) is 6.54 Å². The van der Waals surface area contributed by atoms with Crippen molar-refractivity contribution in [1.29, 1.82) is 0 Å². The number of aromatic amines is 1. The van der Waals surface area contributed by atoms with Crippen LogP contribution in [0.5, 0.6) is 0 Å². The molecule has 0 spiro atoms. The second-order valence-corrected chi connectivity index (χ2v) is 8.29. The Morgan fingerprint density at radius 1 is 1.17 bits per heavy atom. The molecule has 1 atom stereocenters. The van der Waals surface area contributed by atoms with Crippen molar-refractivity contribution in [3.05, 3.63) is 42.0 Å². The van der Waals surface area contributed by atoms with Gasteiger partial charge in [-0.15, -0.1) is 0 Å². The van der Waals surface area contributed by atoms with Crippen LogP contribution in [0.15, 0.2) is 30.5 Å². The van der Waals surface area contributed by atoms with E-state index >= 15 is 0 Å². The number of likely N-dealkylation sites (tertiary alicyclic amines) is 1. The first kappa shape index (κ1) is 16.9. The average molecular weight is 388 g/mol. The molecule has 8 nitrogen and oxygen atoms in total. The van der Waals surface area contributed by atoms with Crippen LogP contribution in [0.3, 0.4) is 0 Å². The summed E-state index contributed by atoms with van der Waals surface area (Å²) >= 11 is 0. The molecule has 4 aromatic rings. The molecule has 2 N–H and O–H groups in total. The van der Waals surface area contributed by atoms with Gasteiger partial charge in [0.05, 0.1) is 29.3 Å². The van der Waals surface area contributed by atoms with Crippen molar-refractivity contribution < 1.29 is 0 Å². The standard InChI is InChI=1S/C21H24N8/c1-28-9-8-14(12-28)29-21-19(22-10-17(26-21)13-6-7-13)20(27-29)23-11-18-24-15-4-2-3-5-16(15)25-18/h2-5,10,13-14H,6-9,11-12H2,1H3,(H,23,27)(H,24,25). The quantitative estimate of drug-likeness (QED) is 0.546. The minimum atomic E-state index is 0.341. The minimum Gasteiger partial charge on any atom is -0.360 e. The molecule has 0 bridgehead atoms. The van der Waals surface area contributed by atoms with Gasteiger partial charge in [0.2, 0.25) is 0 Å². The van der Waals surface area contributed by atoms with Crippen LogP contribution in [0.25, 0.3) is 22.2 Å². The topological polar surface area (TPSA) is 87.5 Å². The minimum absolute atomic E-state index is 0.341. The van der Waals surface area contributed by atoms with Gasteiger partial charge in [-0.2, -0.15) is 5.10 Å². The molecule has 0 amide bonds. The summed E-state index contributed by atoms with van der Waals surface area (Å²) in [6, 6.07) is 8.41. The van der Waals surface area contributed by atoms with Gasteiger partial charge in [0, 0.05) is 25.2 Å². The number of nitrogens with zero attached hydrogens (tertiary/aromatic N) is 6. The van der Waals surface area contributed by atoms with Crippen LogP contribution >= 0.6 is 0 Å². The maximum Gasteiger partial charge on any atom is 0.179 e. The molecule has 3 aromatic heterocycles. The first-order valence-corrected chi connectivity index (χ1v) is 10.4. The van der Waals surface area contributed by atoms with Crippen LogP contribution in [0, 0.1) is 0 Å². The van der Waals surface area contributed by atoms with Gasteiger partial charge in [-0.1, -0.05) is 12.1 Å². The Morgan fingerprint density at radius 3 is 2.86 bits per heavy atom. The van der Waals surface area contributed by atoms with E-state index in [9.17, 15) is 0 Å². The molecule has 2 aliphatic rings. The number of para-hydroxylation sites is 2. The highest BCUT2D eigenvalue weighted by Crippen LogP contribution is 2.39. The SMILES string of the molecule is CN1CCC(n2nc(NCc3nc4ccccc4[nH]3)c3ncc(C4CC4)nc32)C1. The fourth-order valence-electron chi connectivity index (χ4n) is 4.24. The normalized spacial score (nSPS) is 20.1. The van der Waals surface area contributed by atoms with Crippen molar-refractivity contribution in [2.75, 3.05) is 25.5 Å². The molecule has 1 saturated carbocycles. The molecule has 29 heavy (non-hydrogen) atoms. The highest BCUT2D eigenvalue weighted by molar-refractivity contribution is 5.83. The van der Waals surface area contributed by atoms with Crippen molar-refractivity contribution in [1.82, 2.24) is 34.6 Å². The highest BCUT2D eigenvalue weighted by atomic mass is 15.4. The number of imidazole rings is 1. The van der Waals surface area contributed by atoms with Gasteiger partial charge in [0.1, 0.15) is 5.82 Å². The number of benzene rings is 1. The van der Waals surface area contributed by atoms with Crippen LogP contribution < -0.4 is 5.32 Å². The number of anilines is 1. The Morgan fingerprint density at radius 2 is 2.07 bits per heavy atom. The monoisotopic (exact) mass is 388 g/mol. The van der Waals surface area contributed by atoms with Crippen molar-refractivity contribution in [2.45, 2.75) is 37.8 Å². The first-order chi connectivity index (χ1) is 14.2. The van der Waals surface area contributed by atoms with E-state index in [2.05, 4.69) is 31.9 Å². The molecular weight excluding hydrogens is 364 g/mol. The third-order valence-corrected chi connectivity index (χ3v) is 5.99. The Kier molecular flexibility index (Phi) is 3.80. The molecule has 0 radical (unpaired) electrons. The van der Waals surface area contributed by atoms with E-state index in [1.165, 1.54) is 12.8 Å². The molecule has 8 heteroatoms. The lowest BCUT2D eigenvalue weighted by Crippen LogP contribution is -2.17. The van der Waals surface area contributed by atoms with Crippen molar-refractivity contribution in [3.63, 3.8) is 0 Å². The van der Waals surface area contributed by atoms with Gasteiger partial charge >= 0.3 is 0 Å². The number of likely N-dealkylation sites (N-methyl/N-ethyl adjacent to an activating group) is 1. The largest absolute Gasteiger partial charge is 0.360 e. The molecule has 148 valence electrons. The van der Waals surface area contributed by atoms with Crippen LogP contribution in [0.4, 0.5) is 5.82 Å². The summed E-state index contributed by atoms with van der Waals surface area (Å²) in [5, 5.41) is 8.35. The lowest BCUT2D eigenvalue weighted by molar-refractivity contribution is 0.385. The zero-order valence-corrected chi connectivity index (χ0v) is 16.5. The lowest BCUT2D eigenvalue weighted by atomic mass is 10.2. The Hall–Kier alpha value is -3.00. The van der Waals surface area contributed by atoms with Gasteiger partial charge < -0.3 is 15.2 Å². The maximum absolute atomic E-state index is 4.97. The number of hydrogen-bond donors (Lipinski definition) is 2. The Bertz CT molecular complexity index is 1160. The first-order valence-electron chi connectivity index (χ1n) is 10.4. The third-order valence-electron chi connectivity index (χ3n) is 5.99. The van der Waals surface area contributed by atoms with Gasteiger partial charge in [0.25, 0.3) is 0 Å². The molecule has 1 aromatic carbocycles. The second-order valence-electron chi connectivity index (χ2n) is 8.29. The van der Waals surface area contributed by atoms with Crippen LogP contribution in [0.1, 0.15) is 42.7 Å². The molecule has 1 aliphatic heterocycles. The Balaban J connectivity index is 1.34. The van der Waals surface area contributed by atoms with Crippen molar-refractivity contribution >= 4 is 28.0 Å². The molecule has 1 saturated heterocycles. The molecule has 6 rings (SSSR count). The molecule has 1 aliphatic carbocycles. The van der Waals surface area contributed by atoms with E-state index in [0.29, 0.717) is 18.5 Å². The van der Waals surface area contributed by atoms with Gasteiger partial charge in [-0.05, 0) is 38.4 Å². The van der Waals surface area contributed by atoms with E-state index in [-0.39, 0.29) is 0 Å². The van der Waals surface area contributed by atoms with Crippen LogP contribution in [0.2, 0.25) is 0 Å². The summed E-state index contributed by atoms with van der Waals surface area (Å²) in [6.07, 6.45) is 5.46. The highest BCUT2D eigenvalue weighted by Gasteiger charge is 2.29. The van der Waals surface area contributed by atoms with E-state index < -0.39 is 0 Å². The molecule has 1 unspecified atom stereocenters. The smallest absolute Gasteiger partial charge is 0.179 e. The van der Waals surface area contributed by atoms with E-state index in [1.807, 2.05) is 30.5 Å². The van der Waals surface area contributed by atoms with Crippen LogP contribution in [-0.4, -0.2) is 54.8 Å². The van der Waals surface area contributed by atoms with E-state index in [1.54, 1.807) is 0 Å². The summed E-state index contributed by atoms with van der Waals surface area (Å²) in [5.74, 6) is 2.25. The van der Waals surface area contributed by atoms with Gasteiger partial charge in [-0.25, -0.2) is 19.6 Å². The predicted molar refractivity (Wildman–Crippen MR) is 112 cm³/mol. The molecule has 2 fully saturated rings. The van der Waals surface area contributed by atoms with Crippen molar-refractivity contribution in [3.8, 4) is 0 Å². The summed E-state index contributed by atoms with van der Waals surface area (Å²) < 4.78 is 2.10. The molecule has 4 heterocycles. The summed E-state index contributed by atoms with van der Waals surface area (Å²) in [4.78, 5) is 20.1. The maximum atomic E-state index is 4.97. The fraction of sp³-hybridized carbons (Fsp3) is 0.429. The average Bonchev–Trinajstić information content (AvgIpc) is 3.20. The number of nitrogens with one attached hydrogen (secondary N) is 2. The number of rotatable bonds is 5.